The molecule has 0 radical (unpaired) electrons. The van der Waals surface area contributed by atoms with Crippen molar-refractivity contribution in [3.8, 4) is 0 Å². The van der Waals surface area contributed by atoms with E-state index in [1.165, 1.54) is 5.56 Å². The van der Waals surface area contributed by atoms with Crippen molar-refractivity contribution in [1.82, 2.24) is 9.55 Å². The first kappa shape index (κ1) is 16.7. The highest BCUT2D eigenvalue weighted by molar-refractivity contribution is 5.93. The number of amides is 1. The number of aromatic nitrogens is 2. The molecule has 0 unspecified atom stereocenters. The van der Waals surface area contributed by atoms with Gasteiger partial charge >= 0.3 is 5.97 Å². The van der Waals surface area contributed by atoms with Gasteiger partial charge in [-0.05, 0) is 30.2 Å². The highest BCUT2D eigenvalue weighted by Crippen LogP contribution is 2.19. The lowest BCUT2D eigenvalue weighted by Crippen LogP contribution is -2.11. The number of hydrogen-bond donors (Lipinski definition) is 2. The predicted molar refractivity (Wildman–Crippen MR) is 95.4 cm³/mol. The Morgan fingerprint density at radius 1 is 1.08 bits per heavy atom. The summed E-state index contributed by atoms with van der Waals surface area (Å²) in [7, 11) is 0. The molecule has 0 spiro atoms. The second kappa shape index (κ2) is 7.61. The van der Waals surface area contributed by atoms with Crippen LogP contribution in [0.3, 0.4) is 0 Å². The van der Waals surface area contributed by atoms with Gasteiger partial charge in [0.25, 0.3) is 0 Å². The molecule has 1 aromatic heterocycles. The molecule has 0 fully saturated rings. The first-order valence-corrected chi connectivity index (χ1v) is 8.12. The smallest absolute Gasteiger partial charge is 0.303 e. The van der Waals surface area contributed by atoms with Crippen molar-refractivity contribution in [2.75, 3.05) is 5.32 Å². The number of carboxylic acids is 1. The van der Waals surface area contributed by atoms with Crippen LogP contribution in [0.5, 0.6) is 0 Å². The molecule has 3 rings (SSSR count). The lowest BCUT2D eigenvalue weighted by Gasteiger charge is -2.07. The van der Waals surface area contributed by atoms with Crippen molar-refractivity contribution in [1.29, 1.82) is 0 Å². The number of carbonyl (C=O) groups is 2. The van der Waals surface area contributed by atoms with Gasteiger partial charge in [0.2, 0.25) is 5.91 Å². The molecule has 0 atom stereocenters. The lowest BCUT2D eigenvalue weighted by molar-refractivity contribution is -0.137. The van der Waals surface area contributed by atoms with Gasteiger partial charge in [-0.1, -0.05) is 30.3 Å². The molecule has 0 aliphatic carbocycles. The Morgan fingerprint density at radius 3 is 2.64 bits per heavy atom. The zero-order chi connectivity index (χ0) is 17.6. The molecule has 1 amide bonds. The van der Waals surface area contributed by atoms with Crippen LogP contribution in [0.2, 0.25) is 0 Å². The third kappa shape index (κ3) is 4.44. The Kier molecular flexibility index (Phi) is 5.09. The second-order valence-corrected chi connectivity index (χ2v) is 5.86. The average Bonchev–Trinajstić information content (AvgIpc) is 2.97. The van der Waals surface area contributed by atoms with Crippen molar-refractivity contribution < 1.29 is 14.7 Å². The summed E-state index contributed by atoms with van der Waals surface area (Å²) in [5, 5.41) is 11.4. The van der Waals surface area contributed by atoms with Crippen LogP contribution < -0.4 is 5.32 Å². The molecule has 1 heterocycles. The number of anilines is 1. The molecular formula is C19H19N3O3. The van der Waals surface area contributed by atoms with Crippen LogP contribution in [0, 0.1) is 0 Å². The summed E-state index contributed by atoms with van der Waals surface area (Å²) in [6.07, 6.45) is 2.30. The Balaban J connectivity index is 1.67. The molecular weight excluding hydrogens is 318 g/mol. The Bertz CT molecular complexity index is 887. The molecule has 0 saturated carbocycles. The van der Waals surface area contributed by atoms with E-state index in [4.69, 9.17) is 5.11 Å². The average molecular weight is 337 g/mol. The first-order valence-electron chi connectivity index (χ1n) is 8.12. The number of carbonyl (C=O) groups excluding carboxylic acids is 1. The van der Waals surface area contributed by atoms with E-state index in [-0.39, 0.29) is 18.7 Å². The van der Waals surface area contributed by atoms with Gasteiger partial charge in [-0.3, -0.25) is 9.59 Å². The minimum absolute atomic E-state index is 0.00362. The highest BCUT2D eigenvalue weighted by Gasteiger charge is 2.08. The summed E-state index contributed by atoms with van der Waals surface area (Å²) in [4.78, 5) is 26.7. The number of carboxylic acid groups (broad SMARTS) is 1. The van der Waals surface area contributed by atoms with Gasteiger partial charge in [-0.25, -0.2) is 4.98 Å². The van der Waals surface area contributed by atoms with E-state index >= 15 is 0 Å². The quantitative estimate of drug-likeness (QED) is 0.693. The summed E-state index contributed by atoms with van der Waals surface area (Å²) in [5.74, 6) is -1.08. The molecule has 0 saturated heterocycles. The third-order valence-electron chi connectivity index (χ3n) is 3.90. The minimum Gasteiger partial charge on any atom is -0.481 e. The number of nitrogens with one attached hydrogen (secondary N) is 1. The fraction of sp³-hybridized carbons (Fsp3) is 0.211. The van der Waals surface area contributed by atoms with Gasteiger partial charge in [0.1, 0.15) is 0 Å². The van der Waals surface area contributed by atoms with Crippen LogP contribution in [0.4, 0.5) is 5.69 Å². The van der Waals surface area contributed by atoms with E-state index in [1.807, 2.05) is 36.4 Å². The zero-order valence-corrected chi connectivity index (χ0v) is 13.7. The van der Waals surface area contributed by atoms with Gasteiger partial charge in [0.05, 0.1) is 17.4 Å². The molecule has 0 aliphatic heterocycles. The number of benzene rings is 2. The zero-order valence-electron chi connectivity index (χ0n) is 13.7. The minimum atomic E-state index is -0.891. The van der Waals surface area contributed by atoms with E-state index in [2.05, 4.69) is 27.0 Å². The molecule has 25 heavy (non-hydrogen) atoms. The number of aliphatic carboxylic acids is 1. The topological polar surface area (TPSA) is 84.2 Å². The molecule has 2 aromatic carbocycles. The van der Waals surface area contributed by atoms with E-state index in [0.29, 0.717) is 12.1 Å². The Hall–Kier alpha value is -3.15. The van der Waals surface area contributed by atoms with Crippen LogP contribution in [0.15, 0.2) is 54.9 Å². The van der Waals surface area contributed by atoms with Crippen molar-refractivity contribution in [3.05, 3.63) is 60.4 Å². The normalized spacial score (nSPS) is 10.7. The number of imidazole rings is 1. The maximum atomic E-state index is 11.8. The highest BCUT2D eigenvalue weighted by atomic mass is 16.4. The van der Waals surface area contributed by atoms with E-state index in [1.54, 1.807) is 6.33 Å². The molecule has 2 N–H and O–H groups in total. The summed E-state index contributed by atoms with van der Waals surface area (Å²) in [6, 6.07) is 15.7. The molecule has 0 bridgehead atoms. The number of hydrogen-bond acceptors (Lipinski definition) is 3. The molecule has 0 aliphatic rings. The van der Waals surface area contributed by atoms with Gasteiger partial charge in [0, 0.05) is 25.1 Å². The number of fused-ring (bicyclic) bond motifs is 1. The van der Waals surface area contributed by atoms with E-state index in [0.717, 1.165) is 17.6 Å². The molecule has 6 nitrogen and oxygen atoms in total. The monoisotopic (exact) mass is 337 g/mol. The van der Waals surface area contributed by atoms with E-state index < -0.39 is 5.97 Å². The standard InChI is InChI=1S/C19H19N3O3/c23-18(7-4-8-19(24)25)21-15-9-10-17-16(11-15)20-13-22(17)12-14-5-2-1-3-6-14/h1-3,5-6,9-11,13H,4,7-8,12H2,(H,21,23)(H,24,25). The fourth-order valence-corrected chi connectivity index (χ4v) is 2.67. The molecule has 3 aromatic rings. The largest absolute Gasteiger partial charge is 0.481 e. The summed E-state index contributed by atoms with van der Waals surface area (Å²) < 4.78 is 2.06. The second-order valence-electron chi connectivity index (χ2n) is 5.86. The van der Waals surface area contributed by atoms with Gasteiger partial charge in [-0.2, -0.15) is 0 Å². The predicted octanol–water partition coefficient (Wildman–Crippen LogP) is 3.28. The maximum absolute atomic E-state index is 11.8. The van der Waals surface area contributed by atoms with Crippen molar-refractivity contribution in [2.45, 2.75) is 25.8 Å². The summed E-state index contributed by atoms with van der Waals surface area (Å²) >= 11 is 0. The molecule has 128 valence electrons. The van der Waals surface area contributed by atoms with Crippen LogP contribution in [-0.2, 0) is 16.1 Å². The van der Waals surface area contributed by atoms with Crippen molar-refractivity contribution in [3.63, 3.8) is 0 Å². The Labute approximate surface area is 145 Å². The van der Waals surface area contributed by atoms with Crippen LogP contribution in [-0.4, -0.2) is 26.5 Å². The van der Waals surface area contributed by atoms with Gasteiger partial charge in [-0.15, -0.1) is 0 Å². The summed E-state index contributed by atoms with van der Waals surface area (Å²) in [6.45, 7) is 0.734. The SMILES string of the molecule is O=C(O)CCCC(=O)Nc1ccc2c(c1)ncn2Cc1ccccc1. The van der Waals surface area contributed by atoms with Crippen LogP contribution in [0.1, 0.15) is 24.8 Å². The first-order chi connectivity index (χ1) is 12.1. The van der Waals surface area contributed by atoms with Crippen molar-refractivity contribution in [2.24, 2.45) is 0 Å². The summed E-state index contributed by atoms with van der Waals surface area (Å²) in [5.41, 5.74) is 3.65. The van der Waals surface area contributed by atoms with Gasteiger partial charge in [0.15, 0.2) is 0 Å². The lowest BCUT2D eigenvalue weighted by atomic mass is 10.2. The van der Waals surface area contributed by atoms with Gasteiger partial charge < -0.3 is 15.0 Å². The number of rotatable bonds is 7. The molecule has 6 heteroatoms. The van der Waals surface area contributed by atoms with Crippen molar-refractivity contribution >= 4 is 28.6 Å². The number of nitrogens with zero attached hydrogens (tertiary/aromatic N) is 2. The van der Waals surface area contributed by atoms with E-state index in [9.17, 15) is 9.59 Å². The third-order valence-corrected chi connectivity index (χ3v) is 3.90. The Morgan fingerprint density at radius 2 is 1.88 bits per heavy atom. The van der Waals surface area contributed by atoms with Crippen LogP contribution in [0.25, 0.3) is 11.0 Å². The van der Waals surface area contributed by atoms with Crippen LogP contribution >= 0.6 is 0 Å². The maximum Gasteiger partial charge on any atom is 0.303 e. The fourth-order valence-electron chi connectivity index (χ4n) is 2.67.